The van der Waals surface area contributed by atoms with Gasteiger partial charge in [-0.05, 0) is 56.7 Å². The Balaban J connectivity index is 1.73. The second-order valence-electron chi connectivity index (χ2n) is 11.0. The van der Waals surface area contributed by atoms with Gasteiger partial charge in [0.25, 0.3) is 0 Å². The Labute approximate surface area is 242 Å². The molecule has 0 saturated carbocycles. The largest absolute Gasteiger partial charge is 0.465 e. The van der Waals surface area contributed by atoms with E-state index >= 15 is 0 Å². The van der Waals surface area contributed by atoms with Gasteiger partial charge in [0.2, 0.25) is 5.91 Å². The van der Waals surface area contributed by atoms with Gasteiger partial charge in [0, 0.05) is 26.2 Å². The van der Waals surface area contributed by atoms with Crippen LogP contribution in [0.25, 0.3) is 0 Å². The third-order valence-corrected chi connectivity index (χ3v) is 6.39. The molecule has 41 heavy (non-hydrogen) atoms. The van der Waals surface area contributed by atoms with Crippen molar-refractivity contribution in [2.45, 2.75) is 71.3 Å². The fraction of sp³-hybridized carbons (Fsp3) is 0.364. The van der Waals surface area contributed by atoms with Gasteiger partial charge >= 0.3 is 12.2 Å². The third kappa shape index (κ3) is 11.4. The molecule has 0 aliphatic rings. The summed E-state index contributed by atoms with van der Waals surface area (Å²) in [5.74, 6) is -0.219. The van der Waals surface area contributed by atoms with Crippen molar-refractivity contribution >= 4 is 18.1 Å². The summed E-state index contributed by atoms with van der Waals surface area (Å²) in [5, 5.41) is 12.5. The Hall–Kier alpha value is -4.33. The van der Waals surface area contributed by atoms with Gasteiger partial charge in [0.1, 0.15) is 11.6 Å². The molecule has 0 unspecified atom stereocenters. The molecule has 3 aromatic rings. The lowest BCUT2D eigenvalue weighted by atomic mass is 10.1. The fourth-order valence-corrected chi connectivity index (χ4v) is 4.44. The molecule has 8 nitrogen and oxygen atoms in total. The van der Waals surface area contributed by atoms with E-state index in [1.54, 1.807) is 25.7 Å². The molecule has 0 aliphatic heterocycles. The number of unbranched alkanes of at least 4 members (excludes halogenated alkanes) is 1. The van der Waals surface area contributed by atoms with Crippen molar-refractivity contribution in [3.63, 3.8) is 0 Å². The second kappa shape index (κ2) is 15.5. The Morgan fingerprint density at radius 1 is 0.732 bits per heavy atom. The van der Waals surface area contributed by atoms with Crippen molar-refractivity contribution in [1.29, 1.82) is 0 Å². The lowest BCUT2D eigenvalue weighted by molar-refractivity contribution is -0.135. The molecule has 0 fully saturated rings. The molecule has 3 rings (SSSR count). The summed E-state index contributed by atoms with van der Waals surface area (Å²) in [4.78, 5) is 41.7. The number of nitrogens with one attached hydrogen (secondary N) is 1. The van der Waals surface area contributed by atoms with Gasteiger partial charge in [-0.15, -0.1) is 0 Å². The molecule has 0 radical (unpaired) electrons. The van der Waals surface area contributed by atoms with E-state index in [0.29, 0.717) is 38.9 Å². The number of hydrogen-bond acceptors (Lipinski definition) is 4. The van der Waals surface area contributed by atoms with E-state index in [0.717, 1.165) is 16.7 Å². The van der Waals surface area contributed by atoms with Crippen LogP contribution in [-0.2, 0) is 29.2 Å². The van der Waals surface area contributed by atoms with Gasteiger partial charge in [-0.1, -0.05) is 91.0 Å². The molecule has 3 aromatic carbocycles. The lowest BCUT2D eigenvalue weighted by Gasteiger charge is -2.29. The number of alkyl carbamates (subject to hydrolysis) is 1. The zero-order valence-corrected chi connectivity index (χ0v) is 24.2. The minimum Gasteiger partial charge on any atom is -0.465 e. The number of hydrogen-bond donors (Lipinski definition) is 2. The summed E-state index contributed by atoms with van der Waals surface area (Å²) in [6.45, 7) is 6.68. The van der Waals surface area contributed by atoms with Crippen LogP contribution in [0.5, 0.6) is 0 Å². The maximum Gasteiger partial charge on any atom is 0.408 e. The number of benzene rings is 3. The van der Waals surface area contributed by atoms with Crippen LogP contribution in [0.15, 0.2) is 91.0 Å². The predicted molar refractivity (Wildman–Crippen MR) is 159 cm³/mol. The van der Waals surface area contributed by atoms with Gasteiger partial charge in [0.05, 0.1) is 0 Å². The number of ether oxygens (including phenoxy) is 1. The van der Waals surface area contributed by atoms with E-state index in [-0.39, 0.29) is 12.5 Å². The van der Waals surface area contributed by atoms with Crippen LogP contribution in [-0.4, -0.2) is 51.2 Å². The highest BCUT2D eigenvalue weighted by Gasteiger charge is 2.28. The van der Waals surface area contributed by atoms with Crippen LogP contribution in [0.3, 0.4) is 0 Å². The van der Waals surface area contributed by atoms with Crippen LogP contribution in [0.1, 0.15) is 56.7 Å². The van der Waals surface area contributed by atoms with E-state index in [4.69, 9.17) is 4.74 Å². The maximum atomic E-state index is 14.0. The van der Waals surface area contributed by atoms with Crippen molar-refractivity contribution in [3.8, 4) is 0 Å². The Bertz CT molecular complexity index is 1190. The molecular formula is C33H41N3O5. The smallest absolute Gasteiger partial charge is 0.408 e. The normalized spacial score (nSPS) is 11.8. The van der Waals surface area contributed by atoms with Crippen LogP contribution in [0.4, 0.5) is 9.59 Å². The first-order valence-electron chi connectivity index (χ1n) is 14.0. The first-order chi connectivity index (χ1) is 19.6. The lowest BCUT2D eigenvalue weighted by Crippen LogP contribution is -2.49. The van der Waals surface area contributed by atoms with Gasteiger partial charge in [-0.2, -0.15) is 0 Å². The third-order valence-electron chi connectivity index (χ3n) is 6.39. The van der Waals surface area contributed by atoms with E-state index in [1.807, 2.05) is 91.0 Å². The summed E-state index contributed by atoms with van der Waals surface area (Å²) in [7, 11) is 0. The number of nitrogens with zero attached hydrogens (tertiary/aromatic N) is 2. The van der Waals surface area contributed by atoms with E-state index < -0.39 is 23.8 Å². The first kappa shape index (κ1) is 31.2. The topological polar surface area (TPSA) is 99.2 Å². The molecule has 0 spiro atoms. The predicted octanol–water partition coefficient (Wildman–Crippen LogP) is 6.46. The van der Waals surface area contributed by atoms with Crippen molar-refractivity contribution in [3.05, 3.63) is 108 Å². The molecule has 2 N–H and O–H groups in total. The number of amides is 3. The molecule has 218 valence electrons. The molecule has 0 aliphatic carbocycles. The SMILES string of the molecule is CC(C)(C)OC(=O)N[C@@H](CCCCN(Cc1ccccc1)C(=O)O)C(=O)N(Cc1ccccc1)Cc1ccccc1. The zero-order chi connectivity index (χ0) is 29.7. The average Bonchev–Trinajstić information content (AvgIpc) is 2.94. The summed E-state index contributed by atoms with van der Waals surface area (Å²) in [6, 6.07) is 28.1. The van der Waals surface area contributed by atoms with Crippen molar-refractivity contribution < 1.29 is 24.2 Å². The van der Waals surface area contributed by atoms with Crippen LogP contribution < -0.4 is 5.32 Å². The molecule has 8 heteroatoms. The zero-order valence-electron chi connectivity index (χ0n) is 24.2. The second-order valence-corrected chi connectivity index (χ2v) is 11.0. The number of rotatable bonds is 13. The summed E-state index contributed by atoms with van der Waals surface area (Å²) >= 11 is 0. The van der Waals surface area contributed by atoms with Gasteiger partial charge in [0.15, 0.2) is 0 Å². The standard InChI is InChI=1S/C33H41N3O5/c1-33(2,3)41-31(38)34-29(21-13-14-22-35(32(39)40)23-26-15-7-4-8-16-26)30(37)36(24-27-17-9-5-10-18-27)25-28-19-11-6-12-20-28/h4-12,15-20,29H,13-14,21-25H2,1-3H3,(H,34,38)(H,39,40)/t29-/m0/s1. The number of carboxylic acid groups (broad SMARTS) is 1. The average molecular weight is 560 g/mol. The van der Waals surface area contributed by atoms with E-state index in [1.165, 1.54) is 4.90 Å². The van der Waals surface area contributed by atoms with Crippen LogP contribution in [0, 0.1) is 0 Å². The quantitative estimate of drug-likeness (QED) is 0.234. The van der Waals surface area contributed by atoms with Gasteiger partial charge in [-0.25, -0.2) is 9.59 Å². The molecule has 0 heterocycles. The van der Waals surface area contributed by atoms with Crippen LogP contribution in [0.2, 0.25) is 0 Å². The Morgan fingerprint density at radius 2 is 1.17 bits per heavy atom. The van der Waals surface area contributed by atoms with Gasteiger partial charge < -0.3 is 25.0 Å². The van der Waals surface area contributed by atoms with Crippen molar-refractivity contribution in [2.75, 3.05) is 6.54 Å². The Kier molecular flexibility index (Phi) is 11.8. The highest BCUT2D eigenvalue weighted by molar-refractivity contribution is 5.85. The minimum atomic E-state index is -0.995. The summed E-state index contributed by atoms with van der Waals surface area (Å²) < 4.78 is 5.47. The number of carbonyl (C=O) groups excluding carboxylic acids is 2. The summed E-state index contributed by atoms with van der Waals surface area (Å²) in [6.07, 6.45) is -0.237. The maximum absolute atomic E-state index is 14.0. The first-order valence-corrected chi connectivity index (χ1v) is 14.0. The highest BCUT2D eigenvalue weighted by Crippen LogP contribution is 2.16. The monoisotopic (exact) mass is 559 g/mol. The fourth-order valence-electron chi connectivity index (χ4n) is 4.44. The van der Waals surface area contributed by atoms with E-state index in [2.05, 4.69) is 5.32 Å². The summed E-state index contributed by atoms with van der Waals surface area (Å²) in [5.41, 5.74) is 2.15. The molecule has 0 saturated heterocycles. The molecule has 0 aromatic heterocycles. The van der Waals surface area contributed by atoms with E-state index in [9.17, 15) is 19.5 Å². The molecule has 0 bridgehead atoms. The Morgan fingerprint density at radius 3 is 1.59 bits per heavy atom. The van der Waals surface area contributed by atoms with Gasteiger partial charge in [-0.3, -0.25) is 4.79 Å². The van der Waals surface area contributed by atoms with Crippen molar-refractivity contribution in [2.24, 2.45) is 0 Å². The van der Waals surface area contributed by atoms with Crippen LogP contribution >= 0.6 is 0 Å². The minimum absolute atomic E-state index is 0.219. The number of carbonyl (C=O) groups is 3. The molecule has 3 amide bonds. The molecular weight excluding hydrogens is 518 g/mol. The van der Waals surface area contributed by atoms with Crippen molar-refractivity contribution in [1.82, 2.24) is 15.1 Å². The highest BCUT2D eigenvalue weighted by atomic mass is 16.6. The molecule has 1 atom stereocenters.